The molecule has 3 heteroatoms. The molecule has 74 valence electrons. The van der Waals surface area contributed by atoms with Gasteiger partial charge in [-0.05, 0) is 56.3 Å². The molecule has 3 nitrogen and oxygen atoms in total. The fourth-order valence-corrected chi connectivity index (χ4v) is 4.24. The Bertz CT molecular complexity index is 182. The quantitative estimate of drug-likeness (QED) is 0.524. The molecular weight excluding hydrogens is 166 g/mol. The molecule has 0 heterocycles. The Balaban J connectivity index is 1.83. The number of rotatable bonds is 2. The minimum Gasteiger partial charge on any atom is -0.212 e. The van der Waals surface area contributed by atoms with E-state index in [0.717, 1.165) is 17.8 Å². The minimum atomic E-state index is 0.00347. The first-order chi connectivity index (χ1) is 6.30. The average Bonchev–Trinajstić information content (AvgIpc) is 2.00. The van der Waals surface area contributed by atoms with Crippen LogP contribution in [0.15, 0.2) is 0 Å². The lowest BCUT2D eigenvalue weighted by Gasteiger charge is -2.54. The molecule has 0 unspecified atom stereocenters. The summed E-state index contributed by atoms with van der Waals surface area (Å²) in [6.07, 6.45) is 7.80. The summed E-state index contributed by atoms with van der Waals surface area (Å²) in [4.78, 5) is 9.75. The van der Waals surface area contributed by atoms with Gasteiger partial charge in [0.05, 0.1) is 0 Å². The van der Waals surface area contributed by atoms with Crippen LogP contribution in [0.5, 0.6) is 0 Å². The Kier molecular flexibility index (Phi) is 1.70. The summed E-state index contributed by atoms with van der Waals surface area (Å²) < 4.78 is 0. The minimum absolute atomic E-state index is 0.00347. The van der Waals surface area contributed by atoms with Gasteiger partial charge >= 0.3 is 0 Å². The summed E-state index contributed by atoms with van der Waals surface area (Å²) >= 11 is 0. The Hall–Kier alpha value is -0.120. The lowest BCUT2D eigenvalue weighted by atomic mass is 9.54. The number of hydrogen-bond acceptors (Lipinski definition) is 3. The third kappa shape index (κ3) is 1.22. The zero-order valence-corrected chi connectivity index (χ0v) is 7.87. The van der Waals surface area contributed by atoms with Crippen LogP contribution in [0.2, 0.25) is 0 Å². The maximum atomic E-state index is 5.32. The Labute approximate surface area is 78.5 Å². The molecule has 4 rings (SSSR count). The molecule has 4 bridgehead atoms. The van der Waals surface area contributed by atoms with Crippen LogP contribution in [0, 0.1) is 17.8 Å². The van der Waals surface area contributed by atoms with E-state index >= 15 is 0 Å². The standard InChI is InChI=1S/C10H17NO2/c11-13-12-10-4-7-1-8(5-10)3-9(2-7)6-10/h7-9H,1-6,11H2. The van der Waals surface area contributed by atoms with Crippen LogP contribution >= 0.6 is 0 Å². The topological polar surface area (TPSA) is 44.5 Å². The van der Waals surface area contributed by atoms with E-state index in [4.69, 9.17) is 10.8 Å². The third-order valence-corrected chi connectivity index (χ3v) is 4.21. The van der Waals surface area contributed by atoms with Crippen molar-refractivity contribution in [1.82, 2.24) is 0 Å². The van der Waals surface area contributed by atoms with Crippen molar-refractivity contribution < 1.29 is 9.88 Å². The lowest BCUT2D eigenvalue weighted by Crippen LogP contribution is -2.52. The van der Waals surface area contributed by atoms with Crippen molar-refractivity contribution >= 4 is 0 Å². The highest BCUT2D eigenvalue weighted by Crippen LogP contribution is 2.56. The van der Waals surface area contributed by atoms with E-state index in [2.05, 4.69) is 4.99 Å². The first kappa shape index (κ1) is 8.21. The van der Waals surface area contributed by atoms with E-state index in [1.807, 2.05) is 0 Å². The second kappa shape index (κ2) is 2.69. The van der Waals surface area contributed by atoms with Crippen molar-refractivity contribution in [3.05, 3.63) is 0 Å². The van der Waals surface area contributed by atoms with Gasteiger partial charge < -0.3 is 0 Å². The SMILES string of the molecule is NOOC12CC3CC(CC(C3)C1)C2. The molecule has 4 aliphatic rings. The van der Waals surface area contributed by atoms with Gasteiger partial charge in [0.15, 0.2) is 0 Å². The summed E-state index contributed by atoms with van der Waals surface area (Å²) in [6, 6.07) is 0. The maximum absolute atomic E-state index is 5.32. The molecule has 4 saturated carbocycles. The van der Waals surface area contributed by atoms with Crippen molar-refractivity contribution in [3.63, 3.8) is 0 Å². The summed E-state index contributed by atoms with van der Waals surface area (Å²) in [5.41, 5.74) is 0.00347. The maximum Gasteiger partial charge on any atom is 0.106 e. The van der Waals surface area contributed by atoms with Gasteiger partial charge in [0.1, 0.15) is 5.60 Å². The molecule has 0 amide bonds. The van der Waals surface area contributed by atoms with Gasteiger partial charge in [0.2, 0.25) is 0 Å². The van der Waals surface area contributed by atoms with Gasteiger partial charge in [-0.2, -0.15) is 5.90 Å². The highest BCUT2D eigenvalue weighted by molar-refractivity contribution is 5.02. The summed E-state index contributed by atoms with van der Waals surface area (Å²) in [5, 5.41) is 0. The van der Waals surface area contributed by atoms with E-state index < -0.39 is 0 Å². The van der Waals surface area contributed by atoms with Crippen molar-refractivity contribution in [3.8, 4) is 0 Å². The van der Waals surface area contributed by atoms with Gasteiger partial charge in [0.25, 0.3) is 0 Å². The molecule has 13 heavy (non-hydrogen) atoms. The number of nitrogens with two attached hydrogens (primary N) is 1. The molecule has 0 aromatic heterocycles. The Morgan fingerprint density at radius 3 is 1.77 bits per heavy atom. The third-order valence-electron chi connectivity index (χ3n) is 4.21. The summed E-state index contributed by atoms with van der Waals surface area (Å²) in [7, 11) is 0. The molecule has 0 atom stereocenters. The zero-order valence-electron chi connectivity index (χ0n) is 7.87. The molecule has 0 aromatic rings. The first-order valence-electron chi connectivity index (χ1n) is 5.34. The predicted octanol–water partition coefficient (Wildman–Crippen LogP) is 1.78. The van der Waals surface area contributed by atoms with Gasteiger partial charge in [0, 0.05) is 0 Å². The van der Waals surface area contributed by atoms with Crippen LogP contribution in [0.1, 0.15) is 38.5 Å². The average molecular weight is 183 g/mol. The Morgan fingerprint density at radius 1 is 0.923 bits per heavy atom. The highest BCUT2D eigenvalue weighted by Gasteiger charge is 2.52. The second-order valence-electron chi connectivity index (χ2n) is 5.28. The predicted molar refractivity (Wildman–Crippen MR) is 47.3 cm³/mol. The lowest BCUT2D eigenvalue weighted by molar-refractivity contribution is -0.391. The van der Waals surface area contributed by atoms with E-state index in [1.54, 1.807) is 0 Å². The van der Waals surface area contributed by atoms with Gasteiger partial charge in [-0.25, -0.2) is 4.89 Å². The molecular formula is C10H17NO2. The van der Waals surface area contributed by atoms with Crippen LogP contribution < -0.4 is 5.90 Å². The van der Waals surface area contributed by atoms with E-state index in [0.29, 0.717) is 0 Å². The molecule has 2 N–H and O–H groups in total. The molecule has 0 saturated heterocycles. The van der Waals surface area contributed by atoms with Gasteiger partial charge in [-0.3, -0.25) is 0 Å². The van der Waals surface area contributed by atoms with Gasteiger partial charge in [-0.15, -0.1) is 4.99 Å². The fraction of sp³-hybridized carbons (Fsp3) is 1.00. The summed E-state index contributed by atoms with van der Waals surface area (Å²) in [6.45, 7) is 0. The monoisotopic (exact) mass is 183 g/mol. The zero-order chi connectivity index (χ0) is 8.89. The van der Waals surface area contributed by atoms with Crippen LogP contribution in [-0.2, 0) is 9.88 Å². The van der Waals surface area contributed by atoms with Crippen LogP contribution in [0.25, 0.3) is 0 Å². The van der Waals surface area contributed by atoms with Gasteiger partial charge in [-0.1, -0.05) is 0 Å². The van der Waals surface area contributed by atoms with Crippen LogP contribution in [-0.4, -0.2) is 5.60 Å². The molecule has 0 aliphatic heterocycles. The van der Waals surface area contributed by atoms with Crippen molar-refractivity contribution in [2.75, 3.05) is 0 Å². The number of hydrogen-bond donors (Lipinski definition) is 1. The molecule has 0 spiro atoms. The van der Waals surface area contributed by atoms with E-state index in [-0.39, 0.29) is 5.60 Å². The smallest absolute Gasteiger partial charge is 0.106 e. The van der Waals surface area contributed by atoms with Crippen molar-refractivity contribution in [2.24, 2.45) is 23.7 Å². The van der Waals surface area contributed by atoms with Crippen molar-refractivity contribution in [1.29, 1.82) is 0 Å². The van der Waals surface area contributed by atoms with Crippen molar-refractivity contribution in [2.45, 2.75) is 44.1 Å². The summed E-state index contributed by atoms with van der Waals surface area (Å²) in [5.74, 6) is 7.70. The van der Waals surface area contributed by atoms with E-state index in [9.17, 15) is 0 Å². The first-order valence-corrected chi connectivity index (χ1v) is 5.34. The highest BCUT2D eigenvalue weighted by atomic mass is 17.3. The molecule has 4 aliphatic carbocycles. The fourth-order valence-electron chi connectivity index (χ4n) is 4.24. The van der Waals surface area contributed by atoms with E-state index in [1.165, 1.54) is 38.5 Å². The molecule has 0 aromatic carbocycles. The van der Waals surface area contributed by atoms with Crippen LogP contribution in [0.3, 0.4) is 0 Å². The molecule has 4 fully saturated rings. The second-order valence-corrected chi connectivity index (χ2v) is 5.28. The molecule has 0 radical (unpaired) electrons. The van der Waals surface area contributed by atoms with Crippen LogP contribution in [0.4, 0.5) is 0 Å². The largest absolute Gasteiger partial charge is 0.212 e. The Morgan fingerprint density at radius 2 is 1.38 bits per heavy atom. The normalized spacial score (nSPS) is 52.8.